The first-order chi connectivity index (χ1) is 11.4. The first kappa shape index (κ1) is 17.6. The number of rotatable bonds is 3. The lowest BCUT2D eigenvalue weighted by molar-refractivity contribution is -0.175. The fourth-order valence-corrected chi connectivity index (χ4v) is 4.48. The number of piperidine rings is 1. The summed E-state index contributed by atoms with van der Waals surface area (Å²) in [6.45, 7) is 3.92. The predicted octanol–water partition coefficient (Wildman–Crippen LogP) is 1.35. The summed E-state index contributed by atoms with van der Waals surface area (Å²) in [5, 5.41) is 0. The Balaban J connectivity index is 1.84. The third-order valence-electron chi connectivity index (χ3n) is 5.04. The molecule has 3 rings (SSSR count). The van der Waals surface area contributed by atoms with E-state index in [1.165, 1.54) is 12.5 Å². The molecule has 2 saturated heterocycles. The van der Waals surface area contributed by atoms with Crippen LogP contribution in [0.15, 0.2) is 11.1 Å². The van der Waals surface area contributed by atoms with Crippen molar-refractivity contribution < 1.29 is 17.9 Å². The normalized spacial score (nSPS) is 24.3. The quantitative estimate of drug-likeness (QED) is 0.809. The number of ether oxygens (including phenoxy) is 2. The van der Waals surface area contributed by atoms with Crippen LogP contribution in [0.25, 0.3) is 0 Å². The van der Waals surface area contributed by atoms with Crippen molar-refractivity contribution in [1.82, 2.24) is 9.97 Å². The second-order valence-corrected chi connectivity index (χ2v) is 8.63. The first-order valence-corrected chi connectivity index (χ1v) is 10.2. The molecule has 0 N–H and O–H groups in total. The highest BCUT2D eigenvalue weighted by molar-refractivity contribution is 7.90. The predicted molar refractivity (Wildman–Crippen MR) is 90.0 cm³/mol. The summed E-state index contributed by atoms with van der Waals surface area (Å²) in [6.07, 6.45) is 6.35. The van der Waals surface area contributed by atoms with Crippen molar-refractivity contribution in [2.24, 2.45) is 0 Å². The first-order valence-electron chi connectivity index (χ1n) is 8.31. The number of hydrogen-bond acceptors (Lipinski definition) is 7. The van der Waals surface area contributed by atoms with Crippen molar-refractivity contribution in [3.63, 3.8) is 0 Å². The molecule has 8 heteroatoms. The number of anilines is 1. The summed E-state index contributed by atoms with van der Waals surface area (Å²) in [4.78, 5) is 10.7. The van der Waals surface area contributed by atoms with Gasteiger partial charge in [0, 0.05) is 33.1 Å². The van der Waals surface area contributed by atoms with Crippen molar-refractivity contribution >= 4 is 15.7 Å². The van der Waals surface area contributed by atoms with Gasteiger partial charge in [0.1, 0.15) is 10.7 Å². The van der Waals surface area contributed by atoms with Crippen LogP contribution >= 0.6 is 0 Å². The van der Waals surface area contributed by atoms with E-state index in [1.54, 1.807) is 14.0 Å². The second-order valence-electron chi connectivity index (χ2n) is 6.64. The highest BCUT2D eigenvalue weighted by atomic mass is 32.2. The number of sulfone groups is 1. The van der Waals surface area contributed by atoms with Crippen molar-refractivity contribution in [2.75, 3.05) is 38.0 Å². The molecule has 0 saturated carbocycles. The van der Waals surface area contributed by atoms with Gasteiger partial charge in [0.25, 0.3) is 0 Å². The lowest BCUT2D eigenvalue weighted by Crippen LogP contribution is -2.56. The number of hydrogen-bond donors (Lipinski definition) is 0. The van der Waals surface area contributed by atoms with Crippen molar-refractivity contribution in [3.8, 4) is 0 Å². The maximum atomic E-state index is 12.0. The zero-order valence-corrected chi connectivity index (χ0v) is 15.3. The molecule has 1 spiro atoms. The fourth-order valence-electron chi connectivity index (χ4n) is 3.73. The van der Waals surface area contributed by atoms with Gasteiger partial charge in [0.05, 0.1) is 17.9 Å². The molecule has 0 bridgehead atoms. The van der Waals surface area contributed by atoms with Crippen LogP contribution in [0.5, 0.6) is 0 Å². The average Bonchev–Trinajstić information content (AvgIpc) is 2.55. The van der Waals surface area contributed by atoms with Crippen LogP contribution in [-0.2, 0) is 19.3 Å². The largest absolute Gasteiger partial charge is 0.378 e. The molecule has 24 heavy (non-hydrogen) atoms. The second kappa shape index (κ2) is 6.57. The summed E-state index contributed by atoms with van der Waals surface area (Å²) in [6, 6.07) is 0. The smallest absolute Gasteiger partial charge is 0.180 e. The fraction of sp³-hybridized carbons (Fsp3) is 0.750. The van der Waals surface area contributed by atoms with E-state index in [1.807, 2.05) is 4.90 Å². The molecular formula is C16H25N3O4S. The molecule has 2 aliphatic rings. The topological polar surface area (TPSA) is 81.6 Å². The Morgan fingerprint density at radius 2 is 2.08 bits per heavy atom. The van der Waals surface area contributed by atoms with Crippen molar-refractivity contribution in [2.45, 2.75) is 49.2 Å². The van der Waals surface area contributed by atoms with E-state index >= 15 is 0 Å². The van der Waals surface area contributed by atoms with Gasteiger partial charge in [0.2, 0.25) is 0 Å². The third-order valence-corrected chi connectivity index (χ3v) is 6.12. The van der Waals surface area contributed by atoms with Crippen LogP contribution in [0.1, 0.15) is 31.5 Å². The molecule has 134 valence electrons. The minimum absolute atomic E-state index is 0.106. The highest BCUT2D eigenvalue weighted by Gasteiger charge is 2.45. The molecule has 2 aliphatic heterocycles. The minimum atomic E-state index is -3.37. The van der Waals surface area contributed by atoms with E-state index < -0.39 is 9.84 Å². The Kier molecular flexibility index (Phi) is 4.81. The van der Waals surface area contributed by atoms with E-state index in [0.29, 0.717) is 24.7 Å². The highest BCUT2D eigenvalue weighted by Crippen LogP contribution is 2.38. The van der Waals surface area contributed by atoms with Gasteiger partial charge in [-0.2, -0.15) is 0 Å². The van der Waals surface area contributed by atoms with Crippen LogP contribution in [0.2, 0.25) is 0 Å². The van der Waals surface area contributed by atoms with Gasteiger partial charge in [-0.15, -0.1) is 0 Å². The molecule has 0 radical (unpaired) electrons. The van der Waals surface area contributed by atoms with E-state index in [9.17, 15) is 8.42 Å². The minimum Gasteiger partial charge on any atom is -0.378 e. The Labute approximate surface area is 143 Å². The Morgan fingerprint density at radius 1 is 1.38 bits per heavy atom. The average molecular weight is 355 g/mol. The molecular weight excluding hydrogens is 330 g/mol. The molecule has 0 amide bonds. The third kappa shape index (κ3) is 3.27. The number of nitrogens with zero attached hydrogens (tertiary/aromatic N) is 3. The number of methoxy groups -OCH3 is 1. The summed E-state index contributed by atoms with van der Waals surface area (Å²) in [7, 11) is -1.63. The van der Waals surface area contributed by atoms with Gasteiger partial charge in [0.15, 0.2) is 15.7 Å². The summed E-state index contributed by atoms with van der Waals surface area (Å²) >= 11 is 0. The van der Waals surface area contributed by atoms with Gasteiger partial charge in [-0.1, -0.05) is 0 Å². The molecule has 0 aliphatic carbocycles. The van der Waals surface area contributed by atoms with Crippen LogP contribution in [-0.4, -0.2) is 63.2 Å². The van der Waals surface area contributed by atoms with Gasteiger partial charge < -0.3 is 14.4 Å². The van der Waals surface area contributed by atoms with Crippen LogP contribution < -0.4 is 4.90 Å². The van der Waals surface area contributed by atoms with Gasteiger partial charge in [-0.05, 0) is 32.6 Å². The van der Waals surface area contributed by atoms with Crippen LogP contribution in [0.4, 0.5) is 5.82 Å². The molecule has 1 aromatic heterocycles. The van der Waals surface area contributed by atoms with Gasteiger partial charge in [-0.25, -0.2) is 18.4 Å². The maximum Gasteiger partial charge on any atom is 0.180 e. The van der Waals surface area contributed by atoms with E-state index in [2.05, 4.69) is 9.97 Å². The molecule has 3 heterocycles. The SMILES string of the molecule is CO[C@H]1CCCOC12CCN(c1nc(C)ncc1S(C)(=O)=O)CC2. The molecule has 1 atom stereocenters. The monoisotopic (exact) mass is 355 g/mol. The molecule has 0 unspecified atom stereocenters. The molecule has 2 fully saturated rings. The van der Waals surface area contributed by atoms with Crippen molar-refractivity contribution in [1.29, 1.82) is 0 Å². The van der Waals surface area contributed by atoms with Gasteiger partial charge in [-0.3, -0.25) is 0 Å². The van der Waals surface area contributed by atoms with E-state index in [0.717, 1.165) is 32.3 Å². The number of aromatic nitrogens is 2. The molecule has 1 aromatic rings. The lowest BCUT2D eigenvalue weighted by Gasteiger charge is -2.48. The lowest BCUT2D eigenvalue weighted by atomic mass is 9.82. The zero-order chi connectivity index (χ0) is 17.4. The summed E-state index contributed by atoms with van der Waals surface area (Å²) in [5.41, 5.74) is -0.253. The summed E-state index contributed by atoms with van der Waals surface area (Å²) < 4.78 is 35.9. The van der Waals surface area contributed by atoms with Gasteiger partial charge >= 0.3 is 0 Å². The van der Waals surface area contributed by atoms with E-state index in [-0.39, 0.29) is 16.6 Å². The molecule has 7 nitrogen and oxygen atoms in total. The van der Waals surface area contributed by atoms with Crippen LogP contribution in [0, 0.1) is 6.92 Å². The van der Waals surface area contributed by atoms with Crippen LogP contribution in [0.3, 0.4) is 0 Å². The Bertz CT molecular complexity index is 699. The maximum absolute atomic E-state index is 12.0. The summed E-state index contributed by atoms with van der Waals surface area (Å²) in [5.74, 6) is 1.07. The number of aryl methyl sites for hydroxylation is 1. The standard InChI is InChI=1S/C16H25N3O4S/c1-12-17-11-13(24(3,20)21)15(18-12)19-8-6-16(7-9-19)14(22-2)5-4-10-23-16/h11,14H,4-10H2,1-3H3/t14-/m0/s1. The zero-order valence-electron chi connectivity index (χ0n) is 14.5. The van der Waals surface area contributed by atoms with Crippen molar-refractivity contribution in [3.05, 3.63) is 12.0 Å². The van der Waals surface area contributed by atoms with E-state index in [4.69, 9.17) is 9.47 Å². The Hall–Kier alpha value is -1.25. The Morgan fingerprint density at radius 3 is 2.71 bits per heavy atom. The molecule has 0 aromatic carbocycles.